The molecule has 0 aliphatic carbocycles. The van der Waals surface area contributed by atoms with Gasteiger partial charge in [0, 0.05) is 11.4 Å². The molecule has 20 heavy (non-hydrogen) atoms. The molecule has 1 unspecified atom stereocenters. The van der Waals surface area contributed by atoms with Crippen LogP contribution in [0.2, 0.25) is 0 Å². The van der Waals surface area contributed by atoms with Crippen LogP contribution in [0.15, 0.2) is 35.7 Å². The van der Waals surface area contributed by atoms with Gasteiger partial charge in [0.15, 0.2) is 0 Å². The maximum Gasteiger partial charge on any atom is 0.127 e. The minimum atomic E-state index is -0.0786. The number of aryl methyl sites for hydroxylation is 3. The summed E-state index contributed by atoms with van der Waals surface area (Å²) in [5, 5.41) is 2.04. The van der Waals surface area contributed by atoms with E-state index in [1.165, 1.54) is 16.0 Å². The van der Waals surface area contributed by atoms with Crippen molar-refractivity contribution in [3.8, 4) is 0 Å². The van der Waals surface area contributed by atoms with Gasteiger partial charge in [-0.05, 0) is 43.3 Å². The van der Waals surface area contributed by atoms with E-state index in [4.69, 9.17) is 16.6 Å². The van der Waals surface area contributed by atoms with E-state index in [9.17, 15) is 0 Å². The van der Waals surface area contributed by atoms with Crippen LogP contribution in [0.25, 0.3) is 11.0 Å². The molecule has 0 fully saturated rings. The smallest absolute Gasteiger partial charge is 0.127 e. The van der Waals surface area contributed by atoms with Crippen LogP contribution in [0, 0.1) is 6.92 Å². The van der Waals surface area contributed by atoms with Crippen LogP contribution < -0.4 is 0 Å². The zero-order valence-electron chi connectivity index (χ0n) is 11.6. The first-order valence-electron chi connectivity index (χ1n) is 6.79. The minimum absolute atomic E-state index is 0.0786. The van der Waals surface area contributed by atoms with E-state index in [-0.39, 0.29) is 5.38 Å². The van der Waals surface area contributed by atoms with E-state index in [0.29, 0.717) is 0 Å². The van der Waals surface area contributed by atoms with Crippen molar-refractivity contribution in [2.45, 2.75) is 32.2 Å². The maximum atomic E-state index is 6.31. The van der Waals surface area contributed by atoms with Gasteiger partial charge in [-0.3, -0.25) is 0 Å². The molecule has 0 spiro atoms. The molecule has 2 heterocycles. The van der Waals surface area contributed by atoms with Gasteiger partial charge in [0.2, 0.25) is 0 Å². The molecule has 0 saturated carbocycles. The van der Waals surface area contributed by atoms with Crippen molar-refractivity contribution in [1.82, 2.24) is 9.55 Å². The molecule has 104 valence electrons. The van der Waals surface area contributed by atoms with Crippen LogP contribution in [-0.4, -0.2) is 9.55 Å². The Kier molecular flexibility index (Phi) is 3.81. The molecule has 1 atom stereocenters. The first kappa shape index (κ1) is 13.7. The first-order valence-corrected chi connectivity index (χ1v) is 8.10. The largest absolute Gasteiger partial charge is 0.326 e. The zero-order chi connectivity index (χ0) is 14.1. The van der Waals surface area contributed by atoms with Crippen molar-refractivity contribution in [1.29, 1.82) is 0 Å². The second-order valence-electron chi connectivity index (χ2n) is 5.01. The summed E-state index contributed by atoms with van der Waals surface area (Å²) in [7, 11) is 0. The molecule has 0 N–H and O–H groups in total. The van der Waals surface area contributed by atoms with Crippen molar-refractivity contribution >= 4 is 34.0 Å². The fourth-order valence-corrected chi connectivity index (χ4v) is 3.45. The number of imidazole rings is 1. The predicted octanol–water partition coefficient (Wildman–Crippen LogP) is 4.95. The standard InChI is InChI=1S/C16H17ClN2S/c1-11-5-3-7-14-15(11)19(16(18-14)12(2)17)9-8-13-6-4-10-20-13/h3-7,10,12H,8-9H2,1-2H3. The van der Waals surface area contributed by atoms with E-state index in [1.807, 2.05) is 6.92 Å². The quantitative estimate of drug-likeness (QED) is 0.624. The summed E-state index contributed by atoms with van der Waals surface area (Å²) in [5.74, 6) is 0.965. The summed E-state index contributed by atoms with van der Waals surface area (Å²) in [6.45, 7) is 5.04. The molecule has 1 aromatic carbocycles. The number of hydrogen-bond acceptors (Lipinski definition) is 2. The van der Waals surface area contributed by atoms with Gasteiger partial charge in [0.05, 0.1) is 16.4 Å². The third-order valence-corrected chi connectivity index (χ3v) is 4.65. The average Bonchev–Trinajstić information content (AvgIpc) is 3.03. The molecule has 2 nitrogen and oxygen atoms in total. The minimum Gasteiger partial charge on any atom is -0.326 e. The predicted molar refractivity (Wildman–Crippen MR) is 86.8 cm³/mol. The lowest BCUT2D eigenvalue weighted by Gasteiger charge is -2.11. The number of rotatable bonds is 4. The van der Waals surface area contributed by atoms with Gasteiger partial charge in [-0.1, -0.05) is 18.2 Å². The van der Waals surface area contributed by atoms with Gasteiger partial charge in [-0.15, -0.1) is 22.9 Å². The lowest BCUT2D eigenvalue weighted by molar-refractivity contribution is 0.671. The number of para-hydroxylation sites is 1. The molecule has 0 aliphatic heterocycles. The van der Waals surface area contributed by atoms with Crippen LogP contribution in [0.3, 0.4) is 0 Å². The average molecular weight is 305 g/mol. The molecule has 0 bridgehead atoms. The molecular weight excluding hydrogens is 288 g/mol. The van der Waals surface area contributed by atoms with Crippen LogP contribution in [-0.2, 0) is 13.0 Å². The van der Waals surface area contributed by atoms with Gasteiger partial charge >= 0.3 is 0 Å². The number of benzene rings is 1. The highest BCUT2D eigenvalue weighted by Crippen LogP contribution is 2.27. The number of fused-ring (bicyclic) bond motifs is 1. The van der Waals surface area contributed by atoms with Gasteiger partial charge in [0.1, 0.15) is 5.82 Å². The summed E-state index contributed by atoms with van der Waals surface area (Å²) in [6.07, 6.45) is 1.02. The highest BCUT2D eigenvalue weighted by molar-refractivity contribution is 7.09. The van der Waals surface area contributed by atoms with Gasteiger partial charge < -0.3 is 4.57 Å². The monoisotopic (exact) mass is 304 g/mol. The van der Waals surface area contributed by atoms with Gasteiger partial charge in [-0.2, -0.15) is 0 Å². The summed E-state index contributed by atoms with van der Waals surface area (Å²) < 4.78 is 2.28. The van der Waals surface area contributed by atoms with E-state index in [2.05, 4.69) is 47.2 Å². The van der Waals surface area contributed by atoms with E-state index in [1.54, 1.807) is 11.3 Å². The number of aromatic nitrogens is 2. The highest BCUT2D eigenvalue weighted by Gasteiger charge is 2.16. The lowest BCUT2D eigenvalue weighted by atomic mass is 10.2. The van der Waals surface area contributed by atoms with Crippen LogP contribution in [0.4, 0.5) is 0 Å². The Morgan fingerprint density at radius 1 is 1.30 bits per heavy atom. The Bertz CT molecular complexity index is 713. The fourth-order valence-electron chi connectivity index (χ4n) is 2.59. The summed E-state index contributed by atoms with van der Waals surface area (Å²) in [5.41, 5.74) is 3.51. The zero-order valence-corrected chi connectivity index (χ0v) is 13.2. The van der Waals surface area contributed by atoms with Gasteiger partial charge in [0.25, 0.3) is 0 Å². The van der Waals surface area contributed by atoms with E-state index < -0.39 is 0 Å². The Morgan fingerprint density at radius 3 is 2.85 bits per heavy atom. The molecule has 3 rings (SSSR count). The second kappa shape index (κ2) is 5.58. The number of halogens is 1. The van der Waals surface area contributed by atoms with Gasteiger partial charge in [-0.25, -0.2) is 4.98 Å². The van der Waals surface area contributed by atoms with E-state index in [0.717, 1.165) is 24.3 Å². The Hall–Kier alpha value is -1.32. The Labute approximate surface area is 128 Å². The Balaban J connectivity index is 2.04. The SMILES string of the molecule is Cc1cccc2nc(C(C)Cl)n(CCc3cccs3)c12. The third kappa shape index (κ3) is 2.48. The Morgan fingerprint density at radius 2 is 2.15 bits per heavy atom. The molecular formula is C16H17ClN2S. The summed E-state index contributed by atoms with van der Waals surface area (Å²) >= 11 is 8.11. The summed E-state index contributed by atoms with van der Waals surface area (Å²) in [6, 6.07) is 10.5. The first-order chi connectivity index (χ1) is 9.66. The fraction of sp³-hybridized carbons (Fsp3) is 0.312. The number of nitrogens with zero attached hydrogens (tertiary/aromatic N) is 2. The second-order valence-corrected chi connectivity index (χ2v) is 6.70. The lowest BCUT2D eigenvalue weighted by Crippen LogP contribution is -2.07. The molecule has 0 saturated heterocycles. The molecule has 0 aliphatic rings. The third-order valence-electron chi connectivity index (χ3n) is 3.52. The topological polar surface area (TPSA) is 17.8 Å². The van der Waals surface area contributed by atoms with Crippen molar-refractivity contribution in [3.63, 3.8) is 0 Å². The van der Waals surface area contributed by atoms with Crippen molar-refractivity contribution in [2.75, 3.05) is 0 Å². The van der Waals surface area contributed by atoms with Crippen LogP contribution >= 0.6 is 22.9 Å². The highest BCUT2D eigenvalue weighted by atomic mass is 35.5. The molecule has 0 amide bonds. The van der Waals surface area contributed by atoms with Crippen molar-refractivity contribution in [2.24, 2.45) is 0 Å². The number of thiophene rings is 1. The van der Waals surface area contributed by atoms with E-state index >= 15 is 0 Å². The van der Waals surface area contributed by atoms with Crippen molar-refractivity contribution < 1.29 is 0 Å². The molecule has 2 aromatic heterocycles. The molecule has 3 aromatic rings. The molecule has 4 heteroatoms. The van der Waals surface area contributed by atoms with Crippen LogP contribution in [0.1, 0.15) is 28.6 Å². The summed E-state index contributed by atoms with van der Waals surface area (Å²) in [4.78, 5) is 6.10. The maximum absolute atomic E-state index is 6.31. The van der Waals surface area contributed by atoms with Crippen molar-refractivity contribution in [3.05, 3.63) is 52.0 Å². The number of alkyl halides is 1. The van der Waals surface area contributed by atoms with Crippen LogP contribution in [0.5, 0.6) is 0 Å². The number of hydrogen-bond donors (Lipinski definition) is 0. The molecule has 0 radical (unpaired) electrons. The normalized spacial score (nSPS) is 12.9.